The van der Waals surface area contributed by atoms with Crippen molar-refractivity contribution >= 4 is 36.4 Å². The number of pyridine rings is 1. The van der Waals surface area contributed by atoms with Gasteiger partial charge in [-0.2, -0.15) is 0 Å². The molecule has 0 saturated carbocycles. The molecule has 0 bridgehead atoms. The molecule has 0 spiro atoms. The summed E-state index contributed by atoms with van der Waals surface area (Å²) in [5, 5.41) is 2.93. The number of carbonyl (C=O) groups is 1. The highest BCUT2D eigenvalue weighted by Gasteiger charge is 2.09. The first-order chi connectivity index (χ1) is 15.1. The number of amides is 1. The van der Waals surface area contributed by atoms with Gasteiger partial charge in [0.2, 0.25) is 5.91 Å². The van der Waals surface area contributed by atoms with Crippen LogP contribution in [0.15, 0.2) is 97.1 Å². The summed E-state index contributed by atoms with van der Waals surface area (Å²) in [6.45, 7) is 0.354. The van der Waals surface area contributed by atoms with Gasteiger partial charge in [-0.3, -0.25) is 4.79 Å². The Morgan fingerprint density at radius 1 is 0.697 bits per heavy atom. The van der Waals surface area contributed by atoms with Crippen molar-refractivity contribution in [2.75, 3.05) is 26.0 Å². The molecule has 0 atom stereocenters. The van der Waals surface area contributed by atoms with Crippen LogP contribution in [0.4, 0.5) is 5.69 Å². The van der Waals surface area contributed by atoms with Gasteiger partial charge in [-0.25, -0.2) is 4.98 Å². The molecule has 1 aromatic heterocycles. The number of rotatable bonds is 6. The fraction of sp³-hybridized carbons (Fsp3) is 0.111. The Balaban J connectivity index is 0.00000193. The predicted molar refractivity (Wildman–Crippen MR) is 142 cm³/mol. The number of benzene rings is 3. The van der Waals surface area contributed by atoms with Crippen LogP contribution in [0.2, 0.25) is 0 Å². The second kappa shape index (κ2) is 12.2. The number of likely N-dealkylation sites (N-methyl/N-ethyl adjacent to an activating group) is 1. The first-order valence-corrected chi connectivity index (χ1v) is 10.3. The number of anilines is 1. The Morgan fingerprint density at radius 3 is 1.64 bits per heavy atom. The first kappa shape index (κ1) is 26.1. The van der Waals surface area contributed by atoms with Crippen molar-refractivity contribution in [2.45, 2.75) is 0 Å². The van der Waals surface area contributed by atoms with Gasteiger partial charge in [-0.1, -0.05) is 72.8 Å². The lowest BCUT2D eigenvalue weighted by Gasteiger charge is -2.12. The minimum Gasteiger partial charge on any atom is -0.325 e. The lowest BCUT2D eigenvalue weighted by molar-refractivity contribution is -0.116. The largest absolute Gasteiger partial charge is 0.325 e. The van der Waals surface area contributed by atoms with Gasteiger partial charge in [0.15, 0.2) is 0 Å². The summed E-state index contributed by atoms with van der Waals surface area (Å²) in [5.74, 6) is -0.0283. The van der Waals surface area contributed by atoms with Gasteiger partial charge in [-0.15, -0.1) is 24.8 Å². The van der Waals surface area contributed by atoms with Crippen LogP contribution in [-0.4, -0.2) is 36.4 Å². The lowest BCUT2D eigenvalue weighted by atomic mass is 10.00. The molecule has 6 heteroatoms. The Bertz CT molecular complexity index is 1110. The van der Waals surface area contributed by atoms with Gasteiger partial charge in [0.25, 0.3) is 0 Å². The van der Waals surface area contributed by atoms with Gasteiger partial charge in [-0.05, 0) is 49.5 Å². The normalized spacial score (nSPS) is 10.2. The molecule has 4 aromatic rings. The van der Waals surface area contributed by atoms with Gasteiger partial charge in [0.1, 0.15) is 0 Å². The van der Waals surface area contributed by atoms with Crippen LogP contribution in [0.25, 0.3) is 33.6 Å². The van der Waals surface area contributed by atoms with Crippen LogP contribution < -0.4 is 5.32 Å². The maximum atomic E-state index is 12.0. The van der Waals surface area contributed by atoms with E-state index in [-0.39, 0.29) is 30.7 Å². The molecule has 1 heterocycles. The van der Waals surface area contributed by atoms with Crippen LogP contribution >= 0.6 is 24.8 Å². The maximum absolute atomic E-state index is 12.0. The molecule has 33 heavy (non-hydrogen) atoms. The van der Waals surface area contributed by atoms with E-state index in [0.717, 1.165) is 39.3 Å². The molecule has 0 radical (unpaired) electrons. The van der Waals surface area contributed by atoms with Crippen LogP contribution in [-0.2, 0) is 4.79 Å². The van der Waals surface area contributed by atoms with E-state index in [0.29, 0.717) is 6.54 Å². The van der Waals surface area contributed by atoms with Crippen LogP contribution in [0.1, 0.15) is 0 Å². The van der Waals surface area contributed by atoms with Gasteiger partial charge in [0.05, 0.1) is 17.9 Å². The average Bonchev–Trinajstić information content (AvgIpc) is 2.80. The highest BCUT2D eigenvalue weighted by Crippen LogP contribution is 2.30. The molecule has 0 fully saturated rings. The molecule has 0 aliphatic carbocycles. The molecule has 0 aliphatic heterocycles. The van der Waals surface area contributed by atoms with E-state index in [1.54, 1.807) is 0 Å². The standard InChI is InChI=1S/C27H25N3O.2ClH/c1-30(2)19-27(31)28-24-15-13-20(14-16-24)23-17-25(21-9-5-3-6-10-21)29-26(18-23)22-11-7-4-8-12-22;;/h3-18H,19H2,1-2H3,(H,28,31);2*1H. The lowest BCUT2D eigenvalue weighted by Crippen LogP contribution is -2.27. The van der Waals surface area contributed by atoms with Crippen molar-refractivity contribution < 1.29 is 4.79 Å². The number of halogens is 2. The molecular formula is C27H27Cl2N3O. The molecule has 1 amide bonds. The van der Waals surface area contributed by atoms with Crippen molar-refractivity contribution in [3.63, 3.8) is 0 Å². The van der Waals surface area contributed by atoms with E-state index >= 15 is 0 Å². The molecule has 0 aliphatic rings. The molecule has 4 nitrogen and oxygen atoms in total. The van der Waals surface area contributed by atoms with Crippen molar-refractivity contribution in [1.82, 2.24) is 9.88 Å². The zero-order chi connectivity index (χ0) is 21.6. The molecule has 0 saturated heterocycles. The average molecular weight is 480 g/mol. The third-order valence-corrected chi connectivity index (χ3v) is 4.93. The van der Waals surface area contributed by atoms with Crippen molar-refractivity contribution in [3.8, 4) is 33.6 Å². The van der Waals surface area contributed by atoms with Crippen LogP contribution in [0, 0.1) is 0 Å². The summed E-state index contributed by atoms with van der Waals surface area (Å²) in [4.78, 5) is 18.8. The summed E-state index contributed by atoms with van der Waals surface area (Å²) in [6, 6.07) is 32.6. The highest BCUT2D eigenvalue weighted by molar-refractivity contribution is 5.92. The number of nitrogens with one attached hydrogen (secondary N) is 1. The summed E-state index contributed by atoms with van der Waals surface area (Å²) in [5.41, 5.74) is 6.96. The molecule has 0 unspecified atom stereocenters. The van der Waals surface area contributed by atoms with Crippen LogP contribution in [0.3, 0.4) is 0 Å². The van der Waals surface area contributed by atoms with E-state index in [2.05, 4.69) is 41.7 Å². The Kier molecular flexibility index (Phi) is 9.61. The van der Waals surface area contributed by atoms with Crippen LogP contribution in [0.5, 0.6) is 0 Å². The molecule has 4 rings (SSSR count). The highest BCUT2D eigenvalue weighted by atomic mass is 35.5. The van der Waals surface area contributed by atoms with E-state index in [1.807, 2.05) is 79.7 Å². The second-order valence-electron chi connectivity index (χ2n) is 7.72. The smallest absolute Gasteiger partial charge is 0.238 e. The zero-order valence-corrected chi connectivity index (χ0v) is 20.2. The topological polar surface area (TPSA) is 45.2 Å². The van der Waals surface area contributed by atoms with Gasteiger partial charge in [0, 0.05) is 16.8 Å². The maximum Gasteiger partial charge on any atom is 0.238 e. The van der Waals surface area contributed by atoms with Crippen molar-refractivity contribution in [3.05, 3.63) is 97.1 Å². The summed E-state index contributed by atoms with van der Waals surface area (Å²) in [6.07, 6.45) is 0. The summed E-state index contributed by atoms with van der Waals surface area (Å²) >= 11 is 0. The van der Waals surface area contributed by atoms with E-state index in [4.69, 9.17) is 4.98 Å². The molecule has 3 aromatic carbocycles. The number of hydrogen-bond donors (Lipinski definition) is 1. The fourth-order valence-corrected chi connectivity index (χ4v) is 3.44. The minimum absolute atomic E-state index is 0. The minimum atomic E-state index is -0.0283. The number of nitrogens with zero attached hydrogens (tertiary/aromatic N) is 2. The van der Waals surface area contributed by atoms with Crippen molar-refractivity contribution in [1.29, 1.82) is 0 Å². The van der Waals surface area contributed by atoms with E-state index in [9.17, 15) is 4.79 Å². The molecule has 170 valence electrons. The van der Waals surface area contributed by atoms with Gasteiger partial charge >= 0.3 is 0 Å². The third kappa shape index (κ3) is 6.90. The third-order valence-electron chi connectivity index (χ3n) is 4.93. The van der Waals surface area contributed by atoms with Crippen molar-refractivity contribution in [2.24, 2.45) is 0 Å². The SMILES string of the molecule is CN(C)CC(=O)Nc1ccc(-c2cc(-c3ccccc3)nc(-c3ccccc3)c2)cc1.Cl.Cl. The van der Waals surface area contributed by atoms with Gasteiger partial charge < -0.3 is 10.2 Å². The zero-order valence-electron chi connectivity index (χ0n) is 18.6. The molecule has 1 N–H and O–H groups in total. The predicted octanol–water partition coefficient (Wildman–Crippen LogP) is 6.43. The summed E-state index contributed by atoms with van der Waals surface area (Å²) in [7, 11) is 3.75. The quantitative estimate of drug-likeness (QED) is 0.346. The van der Waals surface area contributed by atoms with E-state index < -0.39 is 0 Å². The Hall–Kier alpha value is -3.18. The Labute approximate surface area is 207 Å². The first-order valence-electron chi connectivity index (χ1n) is 10.3. The number of aromatic nitrogens is 1. The van der Waals surface area contributed by atoms with E-state index in [1.165, 1.54) is 0 Å². The monoisotopic (exact) mass is 479 g/mol. The molecular weight excluding hydrogens is 453 g/mol. The second-order valence-corrected chi connectivity index (χ2v) is 7.72. The number of hydrogen-bond acceptors (Lipinski definition) is 3. The number of carbonyl (C=O) groups excluding carboxylic acids is 1. The summed E-state index contributed by atoms with van der Waals surface area (Å²) < 4.78 is 0. The fourth-order valence-electron chi connectivity index (χ4n) is 3.44. The Morgan fingerprint density at radius 2 is 1.18 bits per heavy atom.